The Morgan fingerprint density at radius 2 is 1.00 bits per heavy atom. The molecule has 0 fully saturated rings. The normalized spacial score (nSPS) is 11.1. The molecule has 0 aromatic heterocycles. The monoisotopic (exact) mass is 299 g/mol. The summed E-state index contributed by atoms with van der Waals surface area (Å²) in [6, 6.07) is 0. The van der Waals surface area contributed by atoms with E-state index in [0.717, 1.165) is 0 Å². The number of thioether (sulfide) groups is 1. The molecule has 0 saturated heterocycles. The summed E-state index contributed by atoms with van der Waals surface area (Å²) in [7, 11) is 0. The van der Waals surface area contributed by atoms with Gasteiger partial charge >= 0.3 is 0 Å². The summed E-state index contributed by atoms with van der Waals surface area (Å²) in [6.45, 7) is 4.58. The maximum absolute atomic E-state index is 2.46. The zero-order valence-electron chi connectivity index (χ0n) is 14.3. The van der Waals surface area contributed by atoms with Crippen LogP contribution in [0.4, 0.5) is 0 Å². The van der Waals surface area contributed by atoms with Gasteiger partial charge in [0.05, 0.1) is 0 Å². The van der Waals surface area contributed by atoms with E-state index in [4.69, 9.17) is 0 Å². The molecule has 121 valence electrons. The smallest absolute Gasteiger partial charge is 0.0166 e. The van der Waals surface area contributed by atoms with E-state index in [1.165, 1.54) is 102 Å². The Kier molecular flexibility index (Phi) is 19.7. The predicted octanol–water partition coefficient (Wildman–Crippen LogP) is 7.77. The number of rotatable bonds is 17. The predicted molar refractivity (Wildman–Crippen MR) is 97.4 cm³/mol. The molecule has 1 radical (unpaired) electrons. The van der Waals surface area contributed by atoms with Crippen LogP contribution in [0.5, 0.6) is 0 Å². The fourth-order valence-electron chi connectivity index (χ4n) is 2.49. The van der Waals surface area contributed by atoms with Crippen molar-refractivity contribution in [1.29, 1.82) is 0 Å². The van der Waals surface area contributed by atoms with Crippen LogP contribution < -0.4 is 0 Å². The zero-order chi connectivity index (χ0) is 14.7. The molecule has 1 heteroatoms. The molecule has 0 N–H and O–H groups in total. The average molecular weight is 300 g/mol. The first-order valence-electron chi connectivity index (χ1n) is 9.35. The molecule has 0 atom stereocenters. The summed E-state index contributed by atoms with van der Waals surface area (Å²) in [5, 5.41) is 0. The molecule has 0 nitrogen and oxygen atoms in total. The highest BCUT2D eigenvalue weighted by Gasteiger charge is 1.94. The first-order chi connectivity index (χ1) is 9.91. The molecule has 20 heavy (non-hydrogen) atoms. The highest BCUT2D eigenvalue weighted by molar-refractivity contribution is 8.01. The van der Waals surface area contributed by atoms with Crippen LogP contribution in [0.1, 0.15) is 110 Å². The molecular weight excluding hydrogens is 260 g/mol. The van der Waals surface area contributed by atoms with E-state index >= 15 is 0 Å². The quantitative estimate of drug-likeness (QED) is 0.247. The zero-order valence-corrected chi connectivity index (χ0v) is 15.1. The molecule has 0 aliphatic heterocycles. The lowest BCUT2D eigenvalue weighted by Gasteiger charge is -2.03. The van der Waals surface area contributed by atoms with Gasteiger partial charge < -0.3 is 0 Å². The van der Waals surface area contributed by atoms with Crippen LogP contribution in [0, 0.1) is 5.75 Å². The van der Waals surface area contributed by atoms with E-state index in [9.17, 15) is 0 Å². The topological polar surface area (TPSA) is 0 Å². The first kappa shape index (κ1) is 20.3. The molecule has 0 rings (SSSR count). The van der Waals surface area contributed by atoms with Gasteiger partial charge in [0.25, 0.3) is 0 Å². The van der Waals surface area contributed by atoms with Crippen LogP contribution in [0.25, 0.3) is 0 Å². The second-order valence-corrected chi connectivity index (χ2v) is 7.14. The van der Waals surface area contributed by atoms with Crippen molar-refractivity contribution in [2.24, 2.45) is 0 Å². The lowest BCUT2D eigenvalue weighted by Crippen LogP contribution is -1.84. The summed E-state index contributed by atoms with van der Waals surface area (Å²) >= 11 is 2.07. The van der Waals surface area contributed by atoms with Crippen LogP contribution in [0.15, 0.2) is 0 Å². The number of hydrogen-bond donors (Lipinski definition) is 0. The third-order valence-electron chi connectivity index (χ3n) is 3.91. The van der Waals surface area contributed by atoms with E-state index in [-0.39, 0.29) is 0 Å². The van der Waals surface area contributed by atoms with E-state index in [1.807, 2.05) is 0 Å². The van der Waals surface area contributed by atoms with Gasteiger partial charge in [-0.2, -0.15) is 11.8 Å². The van der Waals surface area contributed by atoms with Gasteiger partial charge in [0.1, 0.15) is 0 Å². The van der Waals surface area contributed by atoms with Crippen molar-refractivity contribution in [3.8, 4) is 0 Å². The highest BCUT2D eigenvalue weighted by Crippen LogP contribution is 2.17. The third kappa shape index (κ3) is 18.4. The molecule has 0 aromatic carbocycles. The summed E-state index contributed by atoms with van der Waals surface area (Å²) in [6.07, 6.45) is 21.4. The van der Waals surface area contributed by atoms with E-state index in [1.54, 1.807) is 0 Å². The summed E-state index contributed by atoms with van der Waals surface area (Å²) in [5.41, 5.74) is 0. The van der Waals surface area contributed by atoms with Gasteiger partial charge in [0.2, 0.25) is 0 Å². The Hall–Kier alpha value is 0.350. The molecule has 0 spiro atoms. The van der Waals surface area contributed by atoms with Crippen molar-refractivity contribution in [3.05, 3.63) is 5.75 Å². The second-order valence-electron chi connectivity index (χ2n) is 6.07. The van der Waals surface area contributed by atoms with Crippen molar-refractivity contribution in [2.75, 3.05) is 5.75 Å². The van der Waals surface area contributed by atoms with Crippen LogP contribution in [-0.2, 0) is 0 Å². The average Bonchev–Trinajstić information content (AvgIpc) is 2.47. The van der Waals surface area contributed by atoms with Crippen molar-refractivity contribution >= 4 is 11.8 Å². The molecule has 0 unspecified atom stereocenters. The van der Waals surface area contributed by atoms with Crippen molar-refractivity contribution in [1.82, 2.24) is 0 Å². The minimum atomic E-state index is 1.33. The second kappa shape index (κ2) is 19.4. The van der Waals surface area contributed by atoms with Gasteiger partial charge in [0.15, 0.2) is 0 Å². The molecule has 0 aliphatic rings. The highest BCUT2D eigenvalue weighted by atomic mass is 32.2. The molecule has 0 aliphatic carbocycles. The standard InChI is InChI=1S/C19H39S/c1-3-5-7-9-11-13-15-17-19-20-18-16-14-12-10-8-6-4-2/h19H,3-18H2,1-2H3. The van der Waals surface area contributed by atoms with Crippen LogP contribution >= 0.6 is 11.8 Å². The SMILES string of the molecule is CCCCCCCCC[CH]SCCCCCCCCC. The summed E-state index contributed by atoms with van der Waals surface area (Å²) in [5.74, 6) is 3.81. The van der Waals surface area contributed by atoms with Crippen molar-refractivity contribution < 1.29 is 0 Å². The van der Waals surface area contributed by atoms with Gasteiger partial charge in [-0.05, 0) is 18.6 Å². The lowest BCUT2D eigenvalue weighted by molar-refractivity contribution is 0.590. The van der Waals surface area contributed by atoms with Gasteiger partial charge in [-0.25, -0.2) is 0 Å². The Labute approximate surface area is 133 Å². The fraction of sp³-hybridized carbons (Fsp3) is 0.947. The van der Waals surface area contributed by atoms with Crippen molar-refractivity contribution in [3.63, 3.8) is 0 Å². The van der Waals surface area contributed by atoms with Crippen molar-refractivity contribution in [2.45, 2.75) is 110 Å². The Bertz CT molecular complexity index is 138. The Morgan fingerprint density at radius 1 is 0.550 bits per heavy atom. The summed E-state index contributed by atoms with van der Waals surface area (Å²) < 4.78 is 0. The molecule has 0 saturated carbocycles. The van der Waals surface area contributed by atoms with Crippen LogP contribution in [-0.4, -0.2) is 5.75 Å². The maximum Gasteiger partial charge on any atom is 0.0166 e. The van der Waals surface area contributed by atoms with Crippen LogP contribution in [0.3, 0.4) is 0 Å². The van der Waals surface area contributed by atoms with Gasteiger partial charge in [-0.1, -0.05) is 97.3 Å². The molecule has 0 bridgehead atoms. The van der Waals surface area contributed by atoms with Gasteiger partial charge in [0, 0.05) is 5.75 Å². The molecular formula is C19H39S. The largest absolute Gasteiger partial charge is 0.157 e. The van der Waals surface area contributed by atoms with E-state index < -0.39 is 0 Å². The van der Waals surface area contributed by atoms with E-state index in [2.05, 4.69) is 31.4 Å². The van der Waals surface area contributed by atoms with Gasteiger partial charge in [-0.3, -0.25) is 0 Å². The van der Waals surface area contributed by atoms with E-state index in [0.29, 0.717) is 0 Å². The Morgan fingerprint density at radius 3 is 1.55 bits per heavy atom. The minimum Gasteiger partial charge on any atom is -0.157 e. The molecule has 0 heterocycles. The first-order valence-corrected chi connectivity index (χ1v) is 10.4. The molecule has 0 aromatic rings. The minimum absolute atomic E-state index is 1.33. The van der Waals surface area contributed by atoms with Crippen LogP contribution in [0.2, 0.25) is 0 Å². The fourth-order valence-corrected chi connectivity index (χ4v) is 3.36. The lowest BCUT2D eigenvalue weighted by atomic mass is 10.1. The van der Waals surface area contributed by atoms with Gasteiger partial charge in [-0.15, -0.1) is 0 Å². The Balaban J connectivity index is 2.89. The third-order valence-corrected chi connectivity index (χ3v) is 4.90. The molecule has 0 amide bonds. The maximum atomic E-state index is 2.46. The summed E-state index contributed by atoms with van der Waals surface area (Å²) in [4.78, 5) is 0. The number of unbranched alkanes of at least 4 members (excludes halogenated alkanes) is 13. The number of hydrogen-bond acceptors (Lipinski definition) is 1.